The lowest BCUT2D eigenvalue weighted by Gasteiger charge is -2.04. The fourth-order valence-electron chi connectivity index (χ4n) is 0.453. The van der Waals surface area contributed by atoms with Crippen LogP contribution in [0.4, 0.5) is 23.2 Å². The molecular weight excluding hydrogens is 198 g/mol. The minimum absolute atomic E-state index is 0.458. The summed E-state index contributed by atoms with van der Waals surface area (Å²) in [5, 5.41) is 0. The summed E-state index contributed by atoms with van der Waals surface area (Å²) in [6, 6.07) is 9.49. The molecule has 1 aromatic carbocycles. The van der Waals surface area contributed by atoms with Crippen LogP contribution in [0.1, 0.15) is 6.92 Å². The molecule has 0 bridgehead atoms. The third-order valence-electron chi connectivity index (χ3n) is 1.25. The monoisotopic (exact) mass is 209 g/mol. The number of hydrogen-bond acceptors (Lipinski definition) is 1. The molecule has 80 valence electrons. The van der Waals surface area contributed by atoms with Crippen molar-refractivity contribution >= 4 is 5.69 Å². The van der Waals surface area contributed by atoms with E-state index in [1.807, 2.05) is 30.3 Å². The minimum atomic E-state index is -4.67. The zero-order valence-electron chi connectivity index (χ0n) is 7.55. The lowest BCUT2D eigenvalue weighted by molar-refractivity contribution is -0.174. The predicted molar refractivity (Wildman–Crippen MR) is 47.5 cm³/mol. The number of anilines is 1. The molecule has 0 amide bonds. The Balaban J connectivity index is 0.000000241. The molecule has 0 aliphatic rings. The summed E-state index contributed by atoms with van der Waals surface area (Å²) in [7, 11) is 0. The summed E-state index contributed by atoms with van der Waals surface area (Å²) in [5.74, 6) is 0. The van der Waals surface area contributed by atoms with Crippen LogP contribution in [0.2, 0.25) is 0 Å². The first-order valence-corrected chi connectivity index (χ1v) is 3.85. The van der Waals surface area contributed by atoms with Crippen molar-refractivity contribution in [2.75, 3.05) is 5.73 Å². The van der Waals surface area contributed by atoms with E-state index < -0.39 is 12.3 Å². The van der Waals surface area contributed by atoms with Crippen molar-refractivity contribution in [2.24, 2.45) is 0 Å². The van der Waals surface area contributed by atoms with Crippen LogP contribution in [0.15, 0.2) is 30.3 Å². The summed E-state index contributed by atoms with van der Waals surface area (Å²) < 4.78 is 43.5. The van der Waals surface area contributed by atoms with Gasteiger partial charge in [-0.2, -0.15) is 13.2 Å². The fourth-order valence-corrected chi connectivity index (χ4v) is 0.453. The topological polar surface area (TPSA) is 26.0 Å². The van der Waals surface area contributed by atoms with Gasteiger partial charge in [-0.25, -0.2) is 4.39 Å². The van der Waals surface area contributed by atoms with Gasteiger partial charge in [0.05, 0.1) is 0 Å². The molecule has 0 aromatic heterocycles. The highest BCUT2D eigenvalue weighted by molar-refractivity contribution is 5.35. The van der Waals surface area contributed by atoms with Crippen molar-refractivity contribution in [2.45, 2.75) is 19.3 Å². The maximum atomic E-state index is 11.1. The number of nitrogen functional groups attached to an aromatic ring is 1. The smallest absolute Gasteiger partial charge is 0.399 e. The van der Waals surface area contributed by atoms with E-state index in [4.69, 9.17) is 5.73 Å². The number of benzene rings is 1. The Bertz CT molecular complexity index is 243. The first kappa shape index (κ1) is 12.7. The second kappa shape index (κ2) is 5.47. The molecule has 1 atom stereocenters. The van der Waals surface area contributed by atoms with E-state index >= 15 is 0 Å². The van der Waals surface area contributed by atoms with Gasteiger partial charge in [0, 0.05) is 5.69 Å². The van der Waals surface area contributed by atoms with Gasteiger partial charge in [0.25, 0.3) is 0 Å². The molecule has 0 heterocycles. The van der Waals surface area contributed by atoms with Crippen LogP contribution < -0.4 is 5.73 Å². The number of rotatable bonds is 0. The van der Waals surface area contributed by atoms with Crippen LogP contribution in [-0.2, 0) is 0 Å². The van der Waals surface area contributed by atoms with Gasteiger partial charge in [-0.15, -0.1) is 0 Å². The molecule has 0 aliphatic heterocycles. The Morgan fingerprint density at radius 2 is 1.50 bits per heavy atom. The molecule has 2 N–H and O–H groups in total. The van der Waals surface area contributed by atoms with Gasteiger partial charge in [-0.05, 0) is 19.1 Å². The highest BCUT2D eigenvalue weighted by atomic mass is 19.4. The zero-order chi connectivity index (χ0) is 11.2. The van der Waals surface area contributed by atoms with Gasteiger partial charge >= 0.3 is 6.18 Å². The molecule has 0 fully saturated rings. The molecule has 14 heavy (non-hydrogen) atoms. The zero-order valence-corrected chi connectivity index (χ0v) is 7.55. The van der Waals surface area contributed by atoms with Crippen molar-refractivity contribution in [3.63, 3.8) is 0 Å². The average Bonchev–Trinajstić information content (AvgIpc) is 2.04. The quantitative estimate of drug-likeness (QED) is 0.515. The normalized spacial score (nSPS) is 12.6. The number of alkyl halides is 4. The number of hydrogen-bond donors (Lipinski definition) is 1. The molecule has 0 radical (unpaired) electrons. The molecule has 1 rings (SSSR count). The maximum Gasteiger partial charge on any atom is 0.419 e. The number of para-hydroxylation sites is 1. The van der Waals surface area contributed by atoms with Crippen molar-refractivity contribution in [3.05, 3.63) is 30.3 Å². The Hall–Kier alpha value is -1.26. The van der Waals surface area contributed by atoms with E-state index in [9.17, 15) is 17.6 Å². The Kier molecular flexibility index (Phi) is 4.97. The predicted octanol–water partition coefficient (Wildman–Crippen LogP) is 3.18. The second-order valence-corrected chi connectivity index (χ2v) is 2.57. The first-order valence-electron chi connectivity index (χ1n) is 3.85. The van der Waals surface area contributed by atoms with Gasteiger partial charge in [0.1, 0.15) is 0 Å². The second-order valence-electron chi connectivity index (χ2n) is 2.57. The molecule has 0 saturated heterocycles. The van der Waals surface area contributed by atoms with E-state index in [0.29, 0.717) is 6.92 Å². The summed E-state index contributed by atoms with van der Waals surface area (Å²) in [5.41, 5.74) is 6.18. The van der Waals surface area contributed by atoms with Crippen LogP contribution in [0, 0.1) is 0 Å². The van der Waals surface area contributed by atoms with E-state index in [0.717, 1.165) is 5.69 Å². The molecule has 0 saturated carbocycles. The van der Waals surface area contributed by atoms with Crippen molar-refractivity contribution in [1.82, 2.24) is 0 Å². The van der Waals surface area contributed by atoms with Crippen molar-refractivity contribution in [3.8, 4) is 0 Å². The Labute approximate surface area is 79.5 Å². The minimum Gasteiger partial charge on any atom is -0.399 e. The molecule has 0 spiro atoms. The standard InChI is InChI=1S/C6H7N.C3H4F4/c7-6-4-2-1-3-5-6;1-2(4)3(5,6)7/h1-5H,7H2;2H,1H3. The third-order valence-corrected chi connectivity index (χ3v) is 1.25. The SMILES string of the molecule is CC(F)C(F)(F)F.Nc1ccccc1. The molecule has 1 unspecified atom stereocenters. The van der Waals surface area contributed by atoms with E-state index in [1.165, 1.54) is 0 Å². The maximum absolute atomic E-state index is 11.1. The van der Waals surface area contributed by atoms with E-state index in [2.05, 4.69) is 0 Å². The van der Waals surface area contributed by atoms with Crippen LogP contribution in [-0.4, -0.2) is 12.3 Å². The van der Waals surface area contributed by atoms with Gasteiger partial charge in [0.2, 0.25) is 0 Å². The molecule has 0 aliphatic carbocycles. The summed E-state index contributed by atoms with van der Waals surface area (Å²) >= 11 is 0. The summed E-state index contributed by atoms with van der Waals surface area (Å²) in [6.07, 6.45) is -7.37. The molecule has 1 nitrogen and oxygen atoms in total. The summed E-state index contributed by atoms with van der Waals surface area (Å²) in [4.78, 5) is 0. The number of halogens is 4. The van der Waals surface area contributed by atoms with Crippen LogP contribution in [0.25, 0.3) is 0 Å². The molecule has 1 aromatic rings. The van der Waals surface area contributed by atoms with Gasteiger partial charge < -0.3 is 5.73 Å². The number of nitrogens with two attached hydrogens (primary N) is 1. The fraction of sp³-hybridized carbons (Fsp3) is 0.333. The van der Waals surface area contributed by atoms with Crippen LogP contribution in [0.3, 0.4) is 0 Å². The summed E-state index contributed by atoms with van der Waals surface area (Å²) in [6.45, 7) is 0.458. The lowest BCUT2D eigenvalue weighted by Crippen LogP contribution is -2.20. The third kappa shape index (κ3) is 6.28. The van der Waals surface area contributed by atoms with Gasteiger partial charge in [-0.3, -0.25) is 0 Å². The van der Waals surface area contributed by atoms with Crippen LogP contribution >= 0.6 is 0 Å². The Morgan fingerprint density at radius 1 is 1.14 bits per heavy atom. The van der Waals surface area contributed by atoms with E-state index in [-0.39, 0.29) is 0 Å². The van der Waals surface area contributed by atoms with E-state index in [1.54, 1.807) is 0 Å². The molecular formula is C9H11F4N. The van der Waals surface area contributed by atoms with Crippen LogP contribution in [0.5, 0.6) is 0 Å². The Morgan fingerprint density at radius 3 is 1.64 bits per heavy atom. The first-order chi connectivity index (χ1) is 6.34. The lowest BCUT2D eigenvalue weighted by atomic mass is 10.3. The average molecular weight is 209 g/mol. The highest BCUT2D eigenvalue weighted by Crippen LogP contribution is 2.21. The largest absolute Gasteiger partial charge is 0.419 e. The van der Waals surface area contributed by atoms with Crippen molar-refractivity contribution < 1.29 is 17.6 Å². The highest BCUT2D eigenvalue weighted by Gasteiger charge is 2.35. The van der Waals surface area contributed by atoms with Gasteiger partial charge in [0.15, 0.2) is 6.17 Å². The van der Waals surface area contributed by atoms with Gasteiger partial charge in [-0.1, -0.05) is 18.2 Å². The molecule has 5 heteroatoms. The van der Waals surface area contributed by atoms with Crippen molar-refractivity contribution in [1.29, 1.82) is 0 Å².